The lowest BCUT2D eigenvalue weighted by atomic mass is 10.2. The number of rotatable bonds is 5. The van der Waals surface area contributed by atoms with E-state index in [0.29, 0.717) is 29.8 Å². The molecule has 0 aliphatic carbocycles. The van der Waals surface area contributed by atoms with E-state index in [-0.39, 0.29) is 12.2 Å². The largest absolute Gasteiger partial charge is 0.382 e. The molecule has 2 aromatic heterocycles. The lowest BCUT2D eigenvalue weighted by Gasteiger charge is -2.11. The van der Waals surface area contributed by atoms with E-state index in [4.69, 9.17) is 5.73 Å². The average Bonchev–Trinajstić information content (AvgIpc) is 2.90. The molecule has 27 heavy (non-hydrogen) atoms. The van der Waals surface area contributed by atoms with E-state index in [0.717, 1.165) is 28.9 Å². The normalized spacial score (nSPS) is 12.0. The number of nitrogens with zero attached hydrogens (tertiary/aromatic N) is 3. The van der Waals surface area contributed by atoms with Crippen molar-refractivity contribution in [2.75, 3.05) is 11.5 Å². The van der Waals surface area contributed by atoms with Crippen LogP contribution in [0.3, 0.4) is 0 Å². The second-order valence-electron chi connectivity index (χ2n) is 6.46. The van der Waals surface area contributed by atoms with Crippen LogP contribution in [0.2, 0.25) is 0 Å². The molecule has 0 bridgehead atoms. The maximum absolute atomic E-state index is 13.8. The maximum atomic E-state index is 13.8. The van der Waals surface area contributed by atoms with Gasteiger partial charge in [0.2, 0.25) is 0 Å². The number of benzene rings is 1. The van der Waals surface area contributed by atoms with E-state index in [9.17, 15) is 17.2 Å². The van der Waals surface area contributed by atoms with Gasteiger partial charge in [-0.3, -0.25) is 0 Å². The second kappa shape index (κ2) is 6.88. The highest BCUT2D eigenvalue weighted by Gasteiger charge is 2.21. The molecule has 0 atom stereocenters. The van der Waals surface area contributed by atoms with Crippen molar-refractivity contribution in [3.05, 3.63) is 46.9 Å². The van der Waals surface area contributed by atoms with Crippen molar-refractivity contribution < 1.29 is 17.2 Å². The predicted octanol–water partition coefficient (Wildman–Crippen LogP) is 3.08. The van der Waals surface area contributed by atoms with Crippen molar-refractivity contribution in [2.24, 2.45) is 0 Å². The molecule has 144 valence electrons. The van der Waals surface area contributed by atoms with Gasteiger partial charge in [-0.1, -0.05) is 0 Å². The molecule has 2 N–H and O–H groups in total. The summed E-state index contributed by atoms with van der Waals surface area (Å²) in [5.74, 6) is -1.14. The minimum absolute atomic E-state index is 0.242. The summed E-state index contributed by atoms with van der Waals surface area (Å²) in [5.41, 5.74) is 9.07. The zero-order valence-electron chi connectivity index (χ0n) is 15.3. The van der Waals surface area contributed by atoms with E-state index >= 15 is 0 Å². The minimum atomic E-state index is -3.87. The number of anilines is 1. The van der Waals surface area contributed by atoms with Gasteiger partial charge in [0.05, 0.1) is 11.3 Å². The first-order chi connectivity index (χ1) is 12.6. The van der Waals surface area contributed by atoms with E-state index in [1.54, 1.807) is 0 Å². The Hall–Kier alpha value is -2.55. The van der Waals surface area contributed by atoms with Gasteiger partial charge < -0.3 is 10.3 Å². The Labute approximate surface area is 156 Å². The van der Waals surface area contributed by atoms with Gasteiger partial charge in [0, 0.05) is 18.3 Å². The third kappa shape index (κ3) is 3.51. The Morgan fingerprint density at radius 1 is 1.15 bits per heavy atom. The summed E-state index contributed by atoms with van der Waals surface area (Å²) in [6.45, 7) is 5.93. The van der Waals surface area contributed by atoms with Crippen LogP contribution < -0.4 is 5.73 Å². The first kappa shape index (κ1) is 19.2. The molecular weight excluding hydrogens is 374 g/mol. The quantitative estimate of drug-likeness (QED) is 0.672. The summed E-state index contributed by atoms with van der Waals surface area (Å²) in [5, 5.41) is 0. The molecule has 6 nitrogen and oxygen atoms in total. The molecule has 0 fully saturated rings. The summed E-state index contributed by atoms with van der Waals surface area (Å²) < 4.78 is 53.5. The van der Waals surface area contributed by atoms with Crippen molar-refractivity contribution in [3.63, 3.8) is 0 Å². The molecule has 9 heteroatoms. The first-order valence-corrected chi connectivity index (χ1v) is 10.0. The summed E-state index contributed by atoms with van der Waals surface area (Å²) in [4.78, 5) is 8.21. The van der Waals surface area contributed by atoms with Crippen molar-refractivity contribution in [1.29, 1.82) is 0 Å². The number of imidazole rings is 1. The summed E-state index contributed by atoms with van der Waals surface area (Å²) >= 11 is 0. The van der Waals surface area contributed by atoms with Gasteiger partial charge in [0.25, 0.3) is 0 Å². The van der Waals surface area contributed by atoms with E-state index < -0.39 is 26.4 Å². The fourth-order valence-corrected chi connectivity index (χ4v) is 4.50. The molecule has 2 heterocycles. The highest BCUT2D eigenvalue weighted by atomic mass is 32.2. The van der Waals surface area contributed by atoms with Gasteiger partial charge in [0.15, 0.2) is 15.7 Å². The molecule has 0 radical (unpaired) electrons. The SMILES string of the molecule is Cc1nc(N)c2nc(C)n(CCCS(=O)(=O)c3ccc(F)cc3F)c2c1C. The fraction of sp³-hybridized carbons (Fsp3) is 0.333. The predicted molar refractivity (Wildman–Crippen MR) is 99.2 cm³/mol. The third-order valence-corrected chi connectivity index (χ3v) is 6.44. The Morgan fingerprint density at radius 3 is 2.52 bits per heavy atom. The maximum Gasteiger partial charge on any atom is 0.181 e. The first-order valence-electron chi connectivity index (χ1n) is 8.39. The van der Waals surface area contributed by atoms with Crippen LogP contribution in [0.1, 0.15) is 23.5 Å². The molecule has 0 saturated heterocycles. The number of nitrogens with two attached hydrogens (primary N) is 1. The smallest absolute Gasteiger partial charge is 0.181 e. The van der Waals surface area contributed by atoms with E-state index in [2.05, 4.69) is 9.97 Å². The van der Waals surface area contributed by atoms with Crippen molar-refractivity contribution in [2.45, 2.75) is 38.6 Å². The third-order valence-electron chi connectivity index (χ3n) is 4.61. The number of pyridine rings is 1. The van der Waals surface area contributed by atoms with Crippen LogP contribution in [0.5, 0.6) is 0 Å². The number of halogens is 2. The van der Waals surface area contributed by atoms with Crippen LogP contribution in [0.25, 0.3) is 11.0 Å². The highest BCUT2D eigenvalue weighted by Crippen LogP contribution is 2.26. The molecule has 0 spiro atoms. The lowest BCUT2D eigenvalue weighted by Crippen LogP contribution is -2.12. The fourth-order valence-electron chi connectivity index (χ4n) is 3.14. The highest BCUT2D eigenvalue weighted by molar-refractivity contribution is 7.91. The van der Waals surface area contributed by atoms with Gasteiger partial charge in [-0.15, -0.1) is 0 Å². The molecule has 0 amide bonds. The summed E-state index contributed by atoms with van der Waals surface area (Å²) in [6, 6.07) is 2.46. The minimum Gasteiger partial charge on any atom is -0.382 e. The Balaban J connectivity index is 1.86. The van der Waals surface area contributed by atoms with Crippen molar-refractivity contribution in [1.82, 2.24) is 14.5 Å². The van der Waals surface area contributed by atoms with Crippen molar-refractivity contribution in [3.8, 4) is 0 Å². The number of aromatic nitrogens is 3. The summed E-state index contributed by atoms with van der Waals surface area (Å²) in [6.07, 6.45) is 0.242. The van der Waals surface area contributed by atoms with Crippen LogP contribution in [-0.4, -0.2) is 28.7 Å². The second-order valence-corrected chi connectivity index (χ2v) is 8.54. The monoisotopic (exact) mass is 394 g/mol. The molecule has 0 aliphatic heterocycles. The number of aryl methyl sites for hydroxylation is 4. The Morgan fingerprint density at radius 2 is 1.85 bits per heavy atom. The molecular formula is C18H20F2N4O2S. The number of hydrogen-bond donors (Lipinski definition) is 1. The van der Waals surface area contributed by atoms with Crippen molar-refractivity contribution >= 4 is 26.7 Å². The molecule has 3 aromatic rings. The van der Waals surface area contributed by atoms with Crippen LogP contribution in [0.4, 0.5) is 14.6 Å². The molecule has 3 rings (SSSR count). The van der Waals surface area contributed by atoms with Gasteiger partial charge in [-0.2, -0.15) is 0 Å². The lowest BCUT2D eigenvalue weighted by molar-refractivity contribution is 0.546. The Bertz CT molecular complexity index is 1140. The zero-order chi connectivity index (χ0) is 19.9. The number of sulfone groups is 1. The molecule has 1 aromatic carbocycles. The molecule has 0 saturated carbocycles. The van der Waals surface area contributed by atoms with Gasteiger partial charge in [-0.25, -0.2) is 27.2 Å². The number of nitrogen functional groups attached to an aromatic ring is 1. The Kier molecular flexibility index (Phi) is 4.90. The van der Waals surface area contributed by atoms with Crippen LogP contribution >= 0.6 is 0 Å². The zero-order valence-corrected chi connectivity index (χ0v) is 16.1. The van der Waals surface area contributed by atoms with Crippen LogP contribution in [-0.2, 0) is 16.4 Å². The average molecular weight is 394 g/mol. The standard InChI is InChI=1S/C18H20F2N4O2S/c1-10-11(2)22-18(21)16-17(10)24(12(3)23-16)7-4-8-27(25,26)15-6-5-13(19)9-14(15)20/h5-6,9H,4,7-8H2,1-3H3,(H2,21,22). The topological polar surface area (TPSA) is 90.9 Å². The molecule has 0 aliphatic rings. The van der Waals surface area contributed by atoms with Crippen LogP contribution in [0, 0.1) is 32.4 Å². The van der Waals surface area contributed by atoms with Gasteiger partial charge in [0.1, 0.15) is 27.9 Å². The van der Waals surface area contributed by atoms with E-state index in [1.807, 2.05) is 25.3 Å². The van der Waals surface area contributed by atoms with Crippen LogP contribution in [0.15, 0.2) is 23.1 Å². The van der Waals surface area contributed by atoms with Gasteiger partial charge >= 0.3 is 0 Å². The molecule has 0 unspecified atom stereocenters. The van der Waals surface area contributed by atoms with Gasteiger partial charge in [-0.05, 0) is 44.9 Å². The summed E-state index contributed by atoms with van der Waals surface area (Å²) in [7, 11) is -3.87. The number of fused-ring (bicyclic) bond motifs is 1. The van der Waals surface area contributed by atoms with E-state index in [1.165, 1.54) is 0 Å². The number of hydrogen-bond acceptors (Lipinski definition) is 5.